The molecule has 0 spiro atoms. The third-order valence-corrected chi connectivity index (χ3v) is 4.40. The van der Waals surface area contributed by atoms with Gasteiger partial charge in [0.15, 0.2) is 5.69 Å². The Balaban J connectivity index is 2.01. The molecule has 3 aromatic rings. The highest BCUT2D eigenvalue weighted by molar-refractivity contribution is 7.12. The number of hydrogen-bond donors (Lipinski definition) is 0. The van der Waals surface area contributed by atoms with Gasteiger partial charge in [0.1, 0.15) is 5.56 Å². The van der Waals surface area contributed by atoms with Crippen LogP contribution in [0.25, 0.3) is 16.4 Å². The van der Waals surface area contributed by atoms with E-state index in [0.717, 1.165) is 17.5 Å². The van der Waals surface area contributed by atoms with Crippen LogP contribution in [0.4, 0.5) is 18.9 Å². The predicted octanol–water partition coefficient (Wildman–Crippen LogP) is 4.10. The second-order valence-electron chi connectivity index (χ2n) is 5.36. The average Bonchev–Trinajstić information content (AvgIpc) is 3.28. The number of nitrogens with zero attached hydrogens (tertiary/aromatic N) is 4. The molecule has 0 N–H and O–H groups in total. The van der Waals surface area contributed by atoms with Gasteiger partial charge in [-0.3, -0.25) is 10.1 Å². The normalized spacial score (nSPS) is 11.4. The fourth-order valence-electron chi connectivity index (χ4n) is 2.37. The Morgan fingerprint density at radius 1 is 1.32 bits per heavy atom. The summed E-state index contributed by atoms with van der Waals surface area (Å²) in [5.74, 6) is -1.13. The van der Waals surface area contributed by atoms with Gasteiger partial charge in [-0.25, -0.2) is 14.5 Å². The first-order valence-electron chi connectivity index (χ1n) is 7.75. The number of alkyl halides is 3. The Labute approximate surface area is 159 Å². The maximum Gasteiger partial charge on any atom is 0.434 e. The van der Waals surface area contributed by atoms with Crippen LogP contribution < -0.4 is 0 Å². The molecule has 0 radical (unpaired) electrons. The fourth-order valence-corrected chi connectivity index (χ4v) is 3.17. The lowest BCUT2D eigenvalue weighted by atomic mass is 10.1. The van der Waals surface area contributed by atoms with E-state index >= 15 is 0 Å². The molecule has 0 bridgehead atoms. The van der Waals surface area contributed by atoms with Crippen molar-refractivity contribution in [1.82, 2.24) is 14.8 Å². The first-order valence-corrected chi connectivity index (χ1v) is 8.63. The Hall–Kier alpha value is -3.28. The number of ether oxygens (including phenoxy) is 1. The van der Waals surface area contributed by atoms with E-state index in [-0.39, 0.29) is 17.4 Å². The molecule has 1 aromatic carbocycles. The van der Waals surface area contributed by atoms with Gasteiger partial charge in [0.05, 0.1) is 23.4 Å². The third-order valence-electron chi connectivity index (χ3n) is 3.58. The molecular formula is C16H11F3N4O4S. The number of nitro groups is 1. The molecule has 0 unspecified atom stereocenters. The number of rotatable bonds is 5. The number of aromatic nitrogens is 3. The monoisotopic (exact) mass is 412 g/mol. The van der Waals surface area contributed by atoms with Crippen LogP contribution in [0, 0.1) is 10.1 Å². The number of carbonyl (C=O) groups excluding carboxylic acids is 1. The van der Waals surface area contributed by atoms with Crippen LogP contribution in [-0.4, -0.2) is 32.3 Å². The van der Waals surface area contributed by atoms with Crippen LogP contribution in [0.15, 0.2) is 35.8 Å². The summed E-state index contributed by atoms with van der Waals surface area (Å²) in [6.07, 6.45) is -4.08. The number of thiazole rings is 1. The molecule has 8 nitrogen and oxygen atoms in total. The molecule has 0 aliphatic heterocycles. The van der Waals surface area contributed by atoms with E-state index in [1.165, 1.54) is 36.6 Å². The van der Waals surface area contributed by atoms with Crippen molar-refractivity contribution in [1.29, 1.82) is 0 Å². The highest BCUT2D eigenvalue weighted by Gasteiger charge is 2.41. The lowest BCUT2D eigenvalue weighted by Crippen LogP contribution is -2.18. The van der Waals surface area contributed by atoms with Gasteiger partial charge in [-0.05, 0) is 19.1 Å². The number of carbonyl (C=O) groups is 1. The van der Waals surface area contributed by atoms with E-state index in [4.69, 9.17) is 0 Å². The van der Waals surface area contributed by atoms with Crippen molar-refractivity contribution >= 4 is 23.0 Å². The van der Waals surface area contributed by atoms with Gasteiger partial charge in [0, 0.05) is 23.1 Å². The number of benzene rings is 1. The maximum absolute atomic E-state index is 13.5. The largest absolute Gasteiger partial charge is 0.462 e. The number of hydrogen-bond acceptors (Lipinski definition) is 7. The zero-order valence-corrected chi connectivity index (χ0v) is 15.0. The quantitative estimate of drug-likeness (QED) is 0.355. The lowest BCUT2D eigenvalue weighted by Gasteiger charge is -2.10. The van der Waals surface area contributed by atoms with Crippen molar-refractivity contribution in [3.8, 4) is 16.4 Å². The van der Waals surface area contributed by atoms with Gasteiger partial charge < -0.3 is 4.74 Å². The Bertz CT molecular complexity index is 1030. The molecule has 146 valence electrons. The van der Waals surface area contributed by atoms with Gasteiger partial charge in [-0.1, -0.05) is 0 Å². The number of esters is 1. The minimum atomic E-state index is -4.86. The summed E-state index contributed by atoms with van der Waals surface area (Å²) in [4.78, 5) is 26.1. The molecular weight excluding hydrogens is 401 g/mol. The Kier molecular flexibility index (Phi) is 5.14. The average molecular weight is 412 g/mol. The minimum absolute atomic E-state index is 0.0805. The molecule has 28 heavy (non-hydrogen) atoms. The van der Waals surface area contributed by atoms with Gasteiger partial charge in [-0.15, -0.1) is 11.3 Å². The van der Waals surface area contributed by atoms with E-state index in [9.17, 15) is 28.1 Å². The van der Waals surface area contributed by atoms with E-state index in [2.05, 4.69) is 14.8 Å². The zero-order valence-electron chi connectivity index (χ0n) is 14.1. The molecule has 0 aliphatic carbocycles. The molecule has 0 aliphatic rings. The standard InChI is InChI=1S/C16H11F3N4O4S/c1-2-27-14(24)11-7-20-22(13(11)16(17,18)19)15-21-12(8-28-15)9-3-5-10(6-4-9)23(25)26/h3-8H,2H2,1H3. The summed E-state index contributed by atoms with van der Waals surface area (Å²) in [6, 6.07) is 5.41. The van der Waals surface area contributed by atoms with Crippen molar-refractivity contribution < 1.29 is 27.6 Å². The summed E-state index contributed by atoms with van der Waals surface area (Å²) < 4.78 is 45.8. The molecule has 0 fully saturated rings. The summed E-state index contributed by atoms with van der Waals surface area (Å²) in [7, 11) is 0. The van der Waals surface area contributed by atoms with E-state index in [1.807, 2.05) is 0 Å². The molecule has 0 saturated heterocycles. The Morgan fingerprint density at radius 3 is 2.57 bits per heavy atom. The number of nitro benzene ring substituents is 1. The van der Waals surface area contributed by atoms with Crippen LogP contribution in [-0.2, 0) is 10.9 Å². The van der Waals surface area contributed by atoms with Crippen molar-refractivity contribution in [2.75, 3.05) is 6.61 Å². The van der Waals surface area contributed by atoms with Crippen LogP contribution in [0.3, 0.4) is 0 Å². The predicted molar refractivity (Wildman–Crippen MR) is 92.3 cm³/mol. The lowest BCUT2D eigenvalue weighted by molar-refractivity contribution is -0.384. The van der Waals surface area contributed by atoms with E-state index < -0.39 is 28.3 Å². The van der Waals surface area contributed by atoms with Crippen molar-refractivity contribution in [2.24, 2.45) is 0 Å². The van der Waals surface area contributed by atoms with Gasteiger partial charge >= 0.3 is 12.1 Å². The smallest absolute Gasteiger partial charge is 0.434 e. The number of halogens is 3. The van der Waals surface area contributed by atoms with Gasteiger partial charge in [0.2, 0.25) is 5.13 Å². The SMILES string of the molecule is CCOC(=O)c1cnn(-c2nc(-c3ccc([N+](=O)[O-])cc3)cs2)c1C(F)(F)F. The zero-order chi connectivity index (χ0) is 20.5. The molecule has 2 heterocycles. The van der Waals surface area contributed by atoms with Gasteiger partial charge in [0.25, 0.3) is 5.69 Å². The topological polar surface area (TPSA) is 100 Å². The summed E-state index contributed by atoms with van der Waals surface area (Å²) in [5, 5.41) is 15.7. The Morgan fingerprint density at radius 2 is 2.00 bits per heavy atom. The first-order chi connectivity index (χ1) is 13.2. The van der Waals surface area contributed by atoms with E-state index in [0.29, 0.717) is 15.9 Å². The molecule has 2 aromatic heterocycles. The van der Waals surface area contributed by atoms with Crippen LogP contribution in [0.1, 0.15) is 23.0 Å². The van der Waals surface area contributed by atoms with Crippen molar-refractivity contribution in [2.45, 2.75) is 13.1 Å². The number of non-ortho nitro benzene ring substituents is 1. The van der Waals surface area contributed by atoms with Crippen molar-refractivity contribution in [3.05, 3.63) is 57.2 Å². The molecule has 12 heteroatoms. The van der Waals surface area contributed by atoms with Crippen LogP contribution >= 0.6 is 11.3 Å². The second kappa shape index (κ2) is 7.38. The fraction of sp³-hybridized carbons (Fsp3) is 0.188. The first kappa shape index (κ1) is 19.5. The molecule has 3 rings (SSSR count). The highest BCUT2D eigenvalue weighted by atomic mass is 32.1. The molecule has 0 saturated carbocycles. The summed E-state index contributed by atoms with van der Waals surface area (Å²) in [6.45, 7) is 1.40. The summed E-state index contributed by atoms with van der Waals surface area (Å²) in [5.41, 5.74) is -1.31. The van der Waals surface area contributed by atoms with Crippen molar-refractivity contribution in [3.63, 3.8) is 0 Å². The van der Waals surface area contributed by atoms with Crippen LogP contribution in [0.2, 0.25) is 0 Å². The third kappa shape index (κ3) is 3.71. The van der Waals surface area contributed by atoms with Gasteiger partial charge in [-0.2, -0.15) is 18.3 Å². The van der Waals surface area contributed by atoms with Crippen LogP contribution in [0.5, 0.6) is 0 Å². The summed E-state index contributed by atoms with van der Waals surface area (Å²) >= 11 is 0.880. The highest BCUT2D eigenvalue weighted by Crippen LogP contribution is 2.35. The molecule has 0 amide bonds. The van der Waals surface area contributed by atoms with E-state index in [1.54, 1.807) is 0 Å². The maximum atomic E-state index is 13.5. The second-order valence-corrected chi connectivity index (χ2v) is 6.19. The minimum Gasteiger partial charge on any atom is -0.462 e. The molecule has 0 atom stereocenters.